The van der Waals surface area contributed by atoms with Crippen molar-refractivity contribution in [1.82, 2.24) is 0 Å². The van der Waals surface area contributed by atoms with E-state index in [4.69, 9.17) is 34.6 Å². The van der Waals surface area contributed by atoms with E-state index in [-0.39, 0.29) is 11.8 Å². The van der Waals surface area contributed by atoms with E-state index in [9.17, 15) is 9.59 Å². The number of hydrogen-bond acceptors (Lipinski definition) is 7. The molecule has 5 aliphatic rings. The maximum atomic E-state index is 12.3. The number of esters is 1. The molecule has 1 saturated carbocycles. The Kier molecular flexibility index (Phi) is 3.65. The molecule has 0 radical (unpaired) electrons. The van der Waals surface area contributed by atoms with Crippen LogP contribution in [0.25, 0.3) is 0 Å². The SMILES string of the molecule is [2H][C@]1([13C]([2H])([2H])[2H])[C@H](OC(=O)CCC(=O)O)OC2O[C@]3(C)CC[C@H]4[C@H](C)CC[C@@H]1C24OO3. The van der Waals surface area contributed by atoms with E-state index in [1.165, 1.54) is 0 Å². The Bertz CT molecular complexity index is 762. The molecule has 0 aromatic carbocycles. The minimum atomic E-state index is -2.89. The van der Waals surface area contributed by atoms with Crippen LogP contribution in [0.3, 0.4) is 0 Å². The standard InChI is InChI=1S/C19H28O8/c1-10-4-5-13-11(2)16(23-15(22)7-6-14(20)21)24-17-19(13)12(10)8-9-18(3,25-17)26-27-19/h10-13,16-17H,4-9H2,1-3H3,(H,20,21)/t10-,11-,12+,13+,16-,17?,18+,19?/m1/s1/i2+1D3,11D. The van der Waals surface area contributed by atoms with Gasteiger partial charge >= 0.3 is 11.9 Å². The number of carboxylic acid groups (broad SMARTS) is 1. The van der Waals surface area contributed by atoms with E-state index in [0.29, 0.717) is 25.7 Å². The van der Waals surface area contributed by atoms with Crippen molar-refractivity contribution >= 4 is 11.9 Å². The number of carbonyl (C=O) groups excluding carboxylic acids is 1. The highest BCUT2D eigenvalue weighted by atomic mass is 17.3. The van der Waals surface area contributed by atoms with Crippen LogP contribution in [-0.4, -0.2) is 41.0 Å². The molecule has 1 N–H and O–H groups in total. The van der Waals surface area contributed by atoms with Crippen LogP contribution in [0.5, 0.6) is 0 Å². The lowest BCUT2D eigenvalue weighted by molar-refractivity contribution is -0.576. The number of rotatable bonds is 4. The summed E-state index contributed by atoms with van der Waals surface area (Å²) in [6, 6.07) is 0. The molecule has 2 unspecified atom stereocenters. The Morgan fingerprint density at radius 3 is 2.81 bits per heavy atom. The van der Waals surface area contributed by atoms with Crippen LogP contribution in [0.1, 0.15) is 64.7 Å². The Balaban J connectivity index is 1.75. The summed E-state index contributed by atoms with van der Waals surface area (Å²) in [6.07, 6.45) is -1.68. The zero-order chi connectivity index (χ0) is 22.8. The van der Waals surface area contributed by atoms with Crippen LogP contribution >= 0.6 is 0 Å². The highest BCUT2D eigenvalue weighted by Gasteiger charge is 2.69. The van der Waals surface area contributed by atoms with Crippen molar-refractivity contribution in [1.29, 1.82) is 0 Å². The summed E-state index contributed by atoms with van der Waals surface area (Å²) < 4.78 is 50.8. The minimum Gasteiger partial charge on any atom is -0.481 e. The summed E-state index contributed by atoms with van der Waals surface area (Å²) in [5, 5.41) is 8.81. The summed E-state index contributed by atoms with van der Waals surface area (Å²) in [7, 11) is 0. The van der Waals surface area contributed by atoms with Gasteiger partial charge in [0.1, 0.15) is 0 Å². The maximum absolute atomic E-state index is 12.3. The third-order valence-electron chi connectivity index (χ3n) is 6.38. The summed E-state index contributed by atoms with van der Waals surface area (Å²) in [5.74, 6) is -6.55. The monoisotopic (exact) mass is 389 g/mol. The second kappa shape index (κ2) is 6.69. The molecule has 4 aliphatic heterocycles. The second-order valence-electron chi connectivity index (χ2n) is 8.16. The van der Waals surface area contributed by atoms with E-state index in [0.717, 1.165) is 0 Å². The van der Waals surface area contributed by atoms with Gasteiger partial charge in [-0.15, -0.1) is 0 Å². The molecular weight excluding hydrogens is 357 g/mol. The lowest BCUT2D eigenvalue weighted by atomic mass is 9.59. The molecule has 4 saturated heterocycles. The van der Waals surface area contributed by atoms with Crippen LogP contribution in [-0.2, 0) is 33.6 Å². The molecule has 8 nitrogen and oxygen atoms in total. The third kappa shape index (κ3) is 3.06. The molecule has 152 valence electrons. The fraction of sp³-hybridized carbons (Fsp3) is 0.895. The number of carboxylic acids is 1. The molecule has 4 heterocycles. The van der Waals surface area contributed by atoms with E-state index in [1.54, 1.807) is 6.92 Å². The van der Waals surface area contributed by atoms with Crippen LogP contribution in [0.15, 0.2) is 0 Å². The molecule has 1 spiro atoms. The van der Waals surface area contributed by atoms with Gasteiger partial charge in [-0.2, -0.15) is 0 Å². The molecule has 0 aromatic rings. The van der Waals surface area contributed by atoms with Crippen molar-refractivity contribution in [2.24, 2.45) is 23.6 Å². The normalized spacial score (nSPS) is 53.8. The quantitative estimate of drug-likeness (QED) is 0.445. The first kappa shape index (κ1) is 14.7. The molecular formula is C19H28O8. The summed E-state index contributed by atoms with van der Waals surface area (Å²) >= 11 is 0. The van der Waals surface area contributed by atoms with Crippen molar-refractivity contribution in [3.8, 4) is 0 Å². The third-order valence-corrected chi connectivity index (χ3v) is 6.38. The molecule has 8 atom stereocenters. The topological polar surface area (TPSA) is 101 Å². The molecule has 2 bridgehead atoms. The van der Waals surface area contributed by atoms with Gasteiger partial charge in [-0.05, 0) is 38.0 Å². The Hall–Kier alpha value is -1.22. The van der Waals surface area contributed by atoms with Gasteiger partial charge in [0, 0.05) is 23.7 Å². The van der Waals surface area contributed by atoms with Crippen LogP contribution < -0.4 is 0 Å². The number of carbonyl (C=O) groups is 2. The Morgan fingerprint density at radius 2 is 2.07 bits per heavy atom. The lowest BCUT2D eigenvalue weighted by Crippen LogP contribution is -2.70. The van der Waals surface area contributed by atoms with E-state index < -0.39 is 67.4 Å². The van der Waals surface area contributed by atoms with Gasteiger partial charge in [-0.25, -0.2) is 9.78 Å². The van der Waals surface area contributed by atoms with E-state index >= 15 is 0 Å². The first-order valence-electron chi connectivity index (χ1n) is 11.4. The smallest absolute Gasteiger partial charge is 0.308 e. The first-order valence-corrected chi connectivity index (χ1v) is 9.45. The van der Waals surface area contributed by atoms with Crippen LogP contribution in [0.2, 0.25) is 0 Å². The van der Waals surface area contributed by atoms with E-state index in [2.05, 4.69) is 6.92 Å². The number of ether oxygens (including phenoxy) is 3. The van der Waals surface area contributed by atoms with Gasteiger partial charge in [-0.1, -0.05) is 13.8 Å². The van der Waals surface area contributed by atoms with Gasteiger partial charge in [0.25, 0.3) is 0 Å². The largest absolute Gasteiger partial charge is 0.481 e. The maximum Gasteiger partial charge on any atom is 0.308 e. The summed E-state index contributed by atoms with van der Waals surface area (Å²) in [4.78, 5) is 34.6. The highest BCUT2D eigenvalue weighted by molar-refractivity contribution is 5.76. The predicted octanol–water partition coefficient (Wildman–Crippen LogP) is 2.60. The van der Waals surface area contributed by atoms with Crippen LogP contribution in [0, 0.1) is 23.6 Å². The average molecular weight is 389 g/mol. The molecule has 0 aromatic heterocycles. The zero-order valence-corrected chi connectivity index (χ0v) is 15.4. The molecule has 5 fully saturated rings. The fourth-order valence-corrected chi connectivity index (χ4v) is 4.95. The summed E-state index contributed by atoms with van der Waals surface area (Å²) in [5.41, 5.74) is -1.33. The van der Waals surface area contributed by atoms with Crippen molar-refractivity contribution in [3.63, 3.8) is 0 Å². The minimum absolute atomic E-state index is 0.158. The molecule has 1 aliphatic carbocycles. The number of aliphatic carboxylic acids is 1. The molecule has 8 heteroatoms. The second-order valence-corrected chi connectivity index (χ2v) is 8.16. The van der Waals surface area contributed by atoms with Gasteiger partial charge in [0.05, 0.1) is 12.8 Å². The Morgan fingerprint density at radius 1 is 1.26 bits per heavy atom. The summed E-state index contributed by atoms with van der Waals surface area (Å²) in [6.45, 7) is 0.854. The highest BCUT2D eigenvalue weighted by Crippen LogP contribution is 2.60. The fourth-order valence-electron chi connectivity index (χ4n) is 4.95. The van der Waals surface area contributed by atoms with Gasteiger partial charge in [-0.3, -0.25) is 9.59 Å². The van der Waals surface area contributed by atoms with E-state index in [1.807, 2.05) is 0 Å². The first-order chi connectivity index (χ1) is 14.3. The van der Waals surface area contributed by atoms with Crippen molar-refractivity contribution in [2.45, 2.75) is 83.2 Å². The zero-order valence-electron chi connectivity index (χ0n) is 19.4. The van der Waals surface area contributed by atoms with Crippen molar-refractivity contribution < 1.29 is 44.2 Å². The molecule has 5 rings (SSSR count). The van der Waals surface area contributed by atoms with Gasteiger partial charge in [0.2, 0.25) is 12.1 Å². The number of fused-ring (bicyclic) bond motifs is 2. The van der Waals surface area contributed by atoms with Crippen molar-refractivity contribution in [2.75, 3.05) is 0 Å². The van der Waals surface area contributed by atoms with Crippen LogP contribution in [0.4, 0.5) is 0 Å². The van der Waals surface area contributed by atoms with Crippen molar-refractivity contribution in [3.05, 3.63) is 0 Å². The molecule has 0 amide bonds. The van der Waals surface area contributed by atoms with Gasteiger partial charge < -0.3 is 19.3 Å². The van der Waals surface area contributed by atoms with Gasteiger partial charge in [0.15, 0.2) is 11.9 Å². The predicted molar refractivity (Wildman–Crippen MR) is 89.8 cm³/mol. The molecule has 27 heavy (non-hydrogen) atoms. The lowest BCUT2D eigenvalue weighted by Gasteiger charge is -2.59. The average Bonchev–Trinajstić information content (AvgIpc) is 2.89. The number of hydrogen-bond donors (Lipinski definition) is 1. The Labute approximate surface area is 164 Å².